The predicted molar refractivity (Wildman–Crippen MR) is 47.5 cm³/mol. The summed E-state index contributed by atoms with van der Waals surface area (Å²) in [5.41, 5.74) is 2.56. The van der Waals surface area contributed by atoms with Gasteiger partial charge in [-0.15, -0.1) is 0 Å². The Morgan fingerprint density at radius 1 is 1.42 bits per heavy atom. The third-order valence-electron chi connectivity index (χ3n) is 1.37. The molecule has 0 saturated carbocycles. The summed E-state index contributed by atoms with van der Waals surface area (Å²) in [6.45, 7) is 6.55. The van der Waals surface area contributed by atoms with E-state index in [-0.39, 0.29) is 11.9 Å². The molecule has 0 aliphatic carbocycles. The van der Waals surface area contributed by atoms with Gasteiger partial charge in [0.15, 0.2) is 0 Å². The molecule has 0 heterocycles. The first kappa shape index (κ1) is 11.4. The molecule has 72 valence electrons. The van der Waals surface area contributed by atoms with Crippen LogP contribution in [0, 0.1) is 5.92 Å². The van der Waals surface area contributed by atoms with Gasteiger partial charge < -0.3 is 10.2 Å². The lowest BCUT2D eigenvalue weighted by atomic mass is 10.2. The fourth-order valence-corrected chi connectivity index (χ4v) is 0.688. The molecule has 0 saturated heterocycles. The maximum atomic E-state index is 11.2. The van der Waals surface area contributed by atoms with Gasteiger partial charge >= 0.3 is 0 Å². The molecule has 4 heteroatoms. The van der Waals surface area contributed by atoms with Crippen molar-refractivity contribution in [2.75, 3.05) is 13.7 Å². The zero-order chi connectivity index (χ0) is 9.56. The van der Waals surface area contributed by atoms with Crippen molar-refractivity contribution in [2.45, 2.75) is 26.8 Å². The van der Waals surface area contributed by atoms with Crippen LogP contribution in [-0.4, -0.2) is 25.6 Å². The Hall–Kier alpha value is -0.610. The largest absolute Gasteiger partial charge is 0.354 e. The standard InChI is InChI=1S/C8H18N2O2/c1-6(2)5-9-8(11)7(3)10-12-4/h6-7,10H,5H2,1-4H3,(H,9,11). The average molecular weight is 174 g/mol. The first-order chi connectivity index (χ1) is 5.57. The van der Waals surface area contributed by atoms with Crippen molar-refractivity contribution < 1.29 is 9.63 Å². The van der Waals surface area contributed by atoms with E-state index in [9.17, 15) is 4.79 Å². The first-order valence-electron chi connectivity index (χ1n) is 4.14. The van der Waals surface area contributed by atoms with Gasteiger partial charge in [-0.05, 0) is 12.8 Å². The highest BCUT2D eigenvalue weighted by molar-refractivity contribution is 5.81. The van der Waals surface area contributed by atoms with Crippen molar-refractivity contribution in [3.05, 3.63) is 0 Å². The van der Waals surface area contributed by atoms with Crippen molar-refractivity contribution in [1.29, 1.82) is 0 Å². The molecule has 0 aromatic heterocycles. The first-order valence-corrected chi connectivity index (χ1v) is 4.14. The second kappa shape index (κ2) is 5.97. The van der Waals surface area contributed by atoms with Gasteiger partial charge in [-0.2, -0.15) is 5.48 Å². The third-order valence-corrected chi connectivity index (χ3v) is 1.37. The zero-order valence-corrected chi connectivity index (χ0v) is 8.18. The van der Waals surface area contributed by atoms with Gasteiger partial charge in [0.2, 0.25) is 5.91 Å². The van der Waals surface area contributed by atoms with Crippen molar-refractivity contribution in [3.8, 4) is 0 Å². The van der Waals surface area contributed by atoms with E-state index in [4.69, 9.17) is 0 Å². The summed E-state index contributed by atoms with van der Waals surface area (Å²) in [6, 6.07) is -0.297. The molecule has 1 amide bonds. The minimum Gasteiger partial charge on any atom is -0.354 e. The number of hydrogen-bond acceptors (Lipinski definition) is 3. The van der Waals surface area contributed by atoms with Crippen molar-refractivity contribution >= 4 is 5.91 Å². The molecule has 0 aromatic carbocycles. The van der Waals surface area contributed by atoms with Crippen LogP contribution in [0.4, 0.5) is 0 Å². The fraction of sp³-hybridized carbons (Fsp3) is 0.875. The number of carbonyl (C=O) groups excluding carboxylic acids is 1. The van der Waals surface area contributed by atoms with Gasteiger partial charge in [0.05, 0.1) is 7.11 Å². The molecule has 2 N–H and O–H groups in total. The molecule has 1 atom stereocenters. The number of nitrogens with one attached hydrogen (secondary N) is 2. The minimum atomic E-state index is -0.297. The van der Waals surface area contributed by atoms with E-state index in [1.54, 1.807) is 6.92 Å². The summed E-state index contributed by atoms with van der Waals surface area (Å²) in [4.78, 5) is 15.8. The second-order valence-electron chi connectivity index (χ2n) is 3.18. The summed E-state index contributed by atoms with van der Waals surface area (Å²) in [5.74, 6) is 0.439. The third kappa shape index (κ3) is 5.09. The zero-order valence-electron chi connectivity index (χ0n) is 8.18. The molecule has 1 unspecified atom stereocenters. The van der Waals surface area contributed by atoms with Crippen LogP contribution in [0.5, 0.6) is 0 Å². The van der Waals surface area contributed by atoms with Gasteiger partial charge in [-0.25, -0.2) is 0 Å². The van der Waals surface area contributed by atoms with Crippen LogP contribution in [0.25, 0.3) is 0 Å². The normalized spacial score (nSPS) is 13.1. The lowest BCUT2D eigenvalue weighted by Crippen LogP contribution is -2.42. The van der Waals surface area contributed by atoms with Crippen LogP contribution in [-0.2, 0) is 9.63 Å². The van der Waals surface area contributed by atoms with Crippen molar-refractivity contribution in [2.24, 2.45) is 5.92 Å². The van der Waals surface area contributed by atoms with E-state index in [1.807, 2.05) is 0 Å². The Morgan fingerprint density at radius 2 is 2.00 bits per heavy atom. The maximum absolute atomic E-state index is 11.2. The molecule has 0 rings (SSSR count). The maximum Gasteiger partial charge on any atom is 0.239 e. The molecular formula is C8H18N2O2. The lowest BCUT2D eigenvalue weighted by molar-refractivity contribution is -0.126. The van der Waals surface area contributed by atoms with E-state index >= 15 is 0 Å². The SMILES string of the molecule is CONC(C)C(=O)NCC(C)C. The van der Waals surface area contributed by atoms with Crippen molar-refractivity contribution in [3.63, 3.8) is 0 Å². The molecule has 4 nitrogen and oxygen atoms in total. The van der Waals surface area contributed by atoms with Gasteiger partial charge in [-0.1, -0.05) is 13.8 Å². The molecule has 0 aromatic rings. The van der Waals surface area contributed by atoms with Crippen LogP contribution in [0.2, 0.25) is 0 Å². The van der Waals surface area contributed by atoms with E-state index in [2.05, 4.69) is 29.5 Å². The smallest absolute Gasteiger partial charge is 0.239 e. The Kier molecular flexibility index (Phi) is 5.66. The van der Waals surface area contributed by atoms with Crippen molar-refractivity contribution in [1.82, 2.24) is 10.8 Å². The number of rotatable bonds is 5. The summed E-state index contributed by atoms with van der Waals surface area (Å²) < 4.78 is 0. The summed E-state index contributed by atoms with van der Waals surface area (Å²) in [6.07, 6.45) is 0. The summed E-state index contributed by atoms with van der Waals surface area (Å²) >= 11 is 0. The minimum absolute atomic E-state index is 0.0365. The quantitative estimate of drug-likeness (QED) is 0.589. The molecular weight excluding hydrogens is 156 g/mol. The average Bonchev–Trinajstić information content (AvgIpc) is 2.00. The number of hydrogen-bond donors (Lipinski definition) is 2. The number of hydroxylamine groups is 1. The molecule has 0 spiro atoms. The van der Waals surface area contributed by atoms with Crippen LogP contribution in [0.3, 0.4) is 0 Å². The molecule has 0 aliphatic rings. The number of carbonyl (C=O) groups is 1. The highest BCUT2D eigenvalue weighted by Crippen LogP contribution is 1.88. The molecule has 0 radical (unpaired) electrons. The molecule has 0 aliphatic heterocycles. The van der Waals surface area contributed by atoms with Crippen LogP contribution < -0.4 is 10.8 Å². The fourth-order valence-electron chi connectivity index (χ4n) is 0.688. The van der Waals surface area contributed by atoms with Gasteiger partial charge in [0.25, 0.3) is 0 Å². The second-order valence-corrected chi connectivity index (χ2v) is 3.18. The van der Waals surface area contributed by atoms with E-state index in [1.165, 1.54) is 7.11 Å². The Labute approximate surface area is 73.6 Å². The Bertz CT molecular complexity index is 137. The topological polar surface area (TPSA) is 50.4 Å². The molecule has 0 fully saturated rings. The summed E-state index contributed by atoms with van der Waals surface area (Å²) in [7, 11) is 1.49. The lowest BCUT2D eigenvalue weighted by Gasteiger charge is -2.13. The van der Waals surface area contributed by atoms with Gasteiger partial charge in [-0.3, -0.25) is 4.79 Å². The predicted octanol–water partition coefficient (Wildman–Crippen LogP) is 0.298. The van der Waals surface area contributed by atoms with E-state index < -0.39 is 0 Å². The van der Waals surface area contributed by atoms with Gasteiger partial charge in [0.1, 0.15) is 6.04 Å². The summed E-state index contributed by atoms with van der Waals surface area (Å²) in [5, 5.41) is 2.79. The molecule has 12 heavy (non-hydrogen) atoms. The monoisotopic (exact) mass is 174 g/mol. The molecule has 0 bridgehead atoms. The Morgan fingerprint density at radius 3 is 2.42 bits per heavy atom. The van der Waals surface area contributed by atoms with Crippen LogP contribution >= 0.6 is 0 Å². The van der Waals surface area contributed by atoms with E-state index in [0.29, 0.717) is 12.5 Å². The van der Waals surface area contributed by atoms with Gasteiger partial charge in [0, 0.05) is 6.54 Å². The Balaban J connectivity index is 3.57. The van der Waals surface area contributed by atoms with E-state index in [0.717, 1.165) is 0 Å². The van der Waals surface area contributed by atoms with Crippen LogP contribution in [0.15, 0.2) is 0 Å². The number of amides is 1. The highest BCUT2D eigenvalue weighted by Gasteiger charge is 2.10. The highest BCUT2D eigenvalue weighted by atomic mass is 16.6. The van der Waals surface area contributed by atoms with Crippen LogP contribution in [0.1, 0.15) is 20.8 Å².